The summed E-state index contributed by atoms with van der Waals surface area (Å²) in [5.41, 5.74) is 2.57. The second-order valence-electron chi connectivity index (χ2n) is 5.57. The van der Waals surface area contributed by atoms with Crippen molar-refractivity contribution in [2.75, 3.05) is 11.9 Å². The van der Waals surface area contributed by atoms with Gasteiger partial charge in [-0.25, -0.2) is 18.4 Å². The Bertz CT molecular complexity index is 994. The molecule has 8 heteroatoms. The molecule has 0 spiro atoms. The number of carbonyl (C=O) groups excluding carboxylic acids is 1. The van der Waals surface area contributed by atoms with Gasteiger partial charge in [0.1, 0.15) is 0 Å². The number of nitrogens with two attached hydrogens (primary N) is 1. The Morgan fingerprint density at radius 2 is 1.80 bits per heavy atom. The van der Waals surface area contributed by atoms with Gasteiger partial charge in [-0.3, -0.25) is 0 Å². The largest absolute Gasteiger partial charge is 0.359 e. The van der Waals surface area contributed by atoms with Crippen LogP contribution < -0.4 is 15.8 Å². The molecule has 5 N–H and O–H groups in total. The van der Waals surface area contributed by atoms with E-state index >= 15 is 0 Å². The lowest BCUT2D eigenvalue weighted by Crippen LogP contribution is -2.30. The van der Waals surface area contributed by atoms with E-state index in [0.717, 1.165) is 16.5 Å². The summed E-state index contributed by atoms with van der Waals surface area (Å²) < 4.78 is 22.4. The number of anilines is 1. The molecule has 0 saturated carbocycles. The summed E-state index contributed by atoms with van der Waals surface area (Å²) in [6.07, 6.45) is 2.32. The van der Waals surface area contributed by atoms with Gasteiger partial charge in [0.15, 0.2) is 0 Å². The SMILES string of the molecule is NS(=O)(=O)c1ccc(CCNC(=O)Nc2c[nH]c3ccccc23)cc1. The van der Waals surface area contributed by atoms with Crippen LogP contribution in [-0.2, 0) is 16.4 Å². The van der Waals surface area contributed by atoms with Gasteiger partial charge in [-0.1, -0.05) is 30.3 Å². The van der Waals surface area contributed by atoms with Gasteiger partial charge >= 0.3 is 6.03 Å². The van der Waals surface area contributed by atoms with E-state index in [4.69, 9.17) is 5.14 Å². The highest BCUT2D eigenvalue weighted by Gasteiger charge is 2.08. The maximum Gasteiger partial charge on any atom is 0.319 e. The highest BCUT2D eigenvalue weighted by Crippen LogP contribution is 2.22. The first kappa shape index (κ1) is 17.0. The van der Waals surface area contributed by atoms with Crippen LogP contribution in [0.25, 0.3) is 10.9 Å². The van der Waals surface area contributed by atoms with Crippen molar-refractivity contribution < 1.29 is 13.2 Å². The number of aromatic amines is 1. The molecule has 25 heavy (non-hydrogen) atoms. The lowest BCUT2D eigenvalue weighted by atomic mass is 10.1. The molecule has 0 atom stereocenters. The van der Waals surface area contributed by atoms with E-state index in [1.54, 1.807) is 18.3 Å². The number of H-pyrrole nitrogens is 1. The summed E-state index contributed by atoms with van der Waals surface area (Å²) in [6, 6.07) is 13.7. The van der Waals surface area contributed by atoms with E-state index in [0.29, 0.717) is 18.7 Å². The zero-order valence-corrected chi connectivity index (χ0v) is 14.1. The number of carbonyl (C=O) groups is 1. The number of rotatable bonds is 5. The van der Waals surface area contributed by atoms with Crippen LogP contribution in [0.5, 0.6) is 0 Å². The molecule has 3 rings (SSSR count). The average Bonchev–Trinajstić information content (AvgIpc) is 2.98. The summed E-state index contributed by atoms with van der Waals surface area (Å²) in [5, 5.41) is 11.6. The predicted molar refractivity (Wildman–Crippen MR) is 96.8 cm³/mol. The molecule has 0 fully saturated rings. The number of benzene rings is 2. The van der Waals surface area contributed by atoms with Gasteiger partial charge in [0, 0.05) is 23.6 Å². The zero-order valence-electron chi connectivity index (χ0n) is 13.3. The van der Waals surface area contributed by atoms with E-state index in [1.165, 1.54) is 12.1 Å². The monoisotopic (exact) mass is 358 g/mol. The molecule has 1 heterocycles. The number of urea groups is 1. The Hall–Kier alpha value is -2.84. The van der Waals surface area contributed by atoms with Crippen LogP contribution >= 0.6 is 0 Å². The predicted octanol–water partition coefficient (Wildman–Crippen LogP) is 2.18. The molecule has 1 aromatic heterocycles. The van der Waals surface area contributed by atoms with Crippen molar-refractivity contribution >= 4 is 32.6 Å². The van der Waals surface area contributed by atoms with Crippen molar-refractivity contribution in [3.05, 3.63) is 60.3 Å². The number of primary sulfonamides is 1. The zero-order chi connectivity index (χ0) is 17.9. The number of aromatic nitrogens is 1. The first-order valence-corrected chi connectivity index (χ1v) is 9.21. The van der Waals surface area contributed by atoms with E-state index in [2.05, 4.69) is 15.6 Å². The number of nitrogens with one attached hydrogen (secondary N) is 3. The Morgan fingerprint density at radius 1 is 1.08 bits per heavy atom. The van der Waals surface area contributed by atoms with E-state index in [9.17, 15) is 13.2 Å². The molecule has 0 bridgehead atoms. The molecule has 130 valence electrons. The first-order chi connectivity index (χ1) is 11.9. The molecule has 0 aliphatic carbocycles. The van der Waals surface area contributed by atoms with Gasteiger partial charge in [0.2, 0.25) is 10.0 Å². The standard InChI is InChI=1S/C17H18N4O3S/c18-25(23,24)13-7-5-12(6-8-13)9-10-19-17(22)21-16-11-20-15-4-2-1-3-14(15)16/h1-8,11,20H,9-10H2,(H2,18,23,24)(H2,19,21,22). The normalized spacial score (nSPS) is 11.4. The summed E-state index contributed by atoms with van der Waals surface area (Å²) in [5.74, 6) is 0. The molecule has 0 radical (unpaired) electrons. The molecule has 0 aliphatic heterocycles. The van der Waals surface area contributed by atoms with Crippen LogP contribution in [0.3, 0.4) is 0 Å². The third-order valence-corrected chi connectivity index (χ3v) is 4.72. The van der Waals surface area contributed by atoms with Crippen molar-refractivity contribution in [2.24, 2.45) is 5.14 Å². The second kappa shape index (κ2) is 6.96. The molecular formula is C17H18N4O3S. The first-order valence-electron chi connectivity index (χ1n) is 7.66. The Kier molecular flexibility index (Phi) is 4.73. The molecule has 7 nitrogen and oxygen atoms in total. The summed E-state index contributed by atoms with van der Waals surface area (Å²) in [6.45, 7) is 0.420. The maximum atomic E-state index is 12.0. The van der Waals surface area contributed by atoms with E-state index in [-0.39, 0.29) is 10.9 Å². The molecular weight excluding hydrogens is 340 g/mol. The van der Waals surface area contributed by atoms with Crippen LogP contribution in [0.1, 0.15) is 5.56 Å². The maximum absolute atomic E-state index is 12.0. The third kappa shape index (κ3) is 4.17. The number of hydrogen-bond donors (Lipinski definition) is 4. The molecule has 2 amide bonds. The smallest absolute Gasteiger partial charge is 0.319 e. The van der Waals surface area contributed by atoms with Gasteiger partial charge in [0.05, 0.1) is 10.6 Å². The summed E-state index contributed by atoms with van der Waals surface area (Å²) in [4.78, 5) is 15.2. The van der Waals surface area contributed by atoms with Crippen LogP contribution in [0.2, 0.25) is 0 Å². The van der Waals surface area contributed by atoms with Crippen molar-refractivity contribution in [1.29, 1.82) is 0 Å². The minimum absolute atomic E-state index is 0.0706. The molecule has 0 unspecified atom stereocenters. The van der Waals surface area contributed by atoms with Gasteiger partial charge in [-0.2, -0.15) is 0 Å². The van der Waals surface area contributed by atoms with E-state index in [1.807, 2.05) is 24.3 Å². The van der Waals surface area contributed by atoms with Gasteiger partial charge in [-0.05, 0) is 30.2 Å². The fraction of sp³-hybridized carbons (Fsp3) is 0.118. The van der Waals surface area contributed by atoms with Crippen molar-refractivity contribution in [2.45, 2.75) is 11.3 Å². The second-order valence-corrected chi connectivity index (χ2v) is 7.13. The highest BCUT2D eigenvalue weighted by atomic mass is 32.2. The van der Waals surface area contributed by atoms with Crippen molar-refractivity contribution in [1.82, 2.24) is 10.3 Å². The topological polar surface area (TPSA) is 117 Å². The minimum atomic E-state index is -3.68. The number of sulfonamides is 1. The lowest BCUT2D eigenvalue weighted by molar-refractivity contribution is 0.252. The molecule has 0 aliphatic rings. The fourth-order valence-corrected chi connectivity index (χ4v) is 3.02. The number of hydrogen-bond acceptors (Lipinski definition) is 3. The van der Waals surface area contributed by atoms with Crippen LogP contribution in [0.4, 0.5) is 10.5 Å². The molecule has 2 aromatic carbocycles. The number of amides is 2. The average molecular weight is 358 g/mol. The quantitative estimate of drug-likeness (QED) is 0.560. The Balaban J connectivity index is 1.53. The minimum Gasteiger partial charge on any atom is -0.359 e. The number of fused-ring (bicyclic) bond motifs is 1. The summed E-state index contributed by atoms with van der Waals surface area (Å²) in [7, 11) is -3.68. The lowest BCUT2D eigenvalue weighted by Gasteiger charge is -2.07. The Morgan fingerprint density at radius 3 is 2.52 bits per heavy atom. The van der Waals surface area contributed by atoms with Gasteiger partial charge < -0.3 is 15.6 Å². The summed E-state index contributed by atoms with van der Waals surface area (Å²) >= 11 is 0. The van der Waals surface area contributed by atoms with Crippen LogP contribution in [-0.4, -0.2) is 26.0 Å². The Labute approximate surface area is 145 Å². The van der Waals surface area contributed by atoms with Gasteiger partial charge in [-0.15, -0.1) is 0 Å². The molecule has 0 saturated heterocycles. The van der Waals surface area contributed by atoms with Crippen molar-refractivity contribution in [3.8, 4) is 0 Å². The van der Waals surface area contributed by atoms with Crippen molar-refractivity contribution in [3.63, 3.8) is 0 Å². The fourth-order valence-electron chi connectivity index (χ4n) is 2.51. The van der Waals surface area contributed by atoms with Crippen LogP contribution in [0.15, 0.2) is 59.6 Å². The van der Waals surface area contributed by atoms with Crippen LogP contribution in [0, 0.1) is 0 Å². The highest BCUT2D eigenvalue weighted by molar-refractivity contribution is 7.89. The molecule has 3 aromatic rings. The number of para-hydroxylation sites is 1. The van der Waals surface area contributed by atoms with Gasteiger partial charge in [0.25, 0.3) is 0 Å². The third-order valence-electron chi connectivity index (χ3n) is 3.79. The van der Waals surface area contributed by atoms with E-state index < -0.39 is 10.0 Å².